The van der Waals surface area contributed by atoms with Crippen LogP contribution in [-0.2, 0) is 17.5 Å². The van der Waals surface area contributed by atoms with Crippen LogP contribution in [0.25, 0.3) is 5.32 Å². The van der Waals surface area contributed by atoms with E-state index in [1.807, 2.05) is 0 Å². The molecule has 184 valence electrons. The molecule has 0 spiro atoms. The molecule has 2 aliphatic heterocycles. The zero-order chi connectivity index (χ0) is 24.8. The Balaban J connectivity index is 0.000000346. The summed E-state index contributed by atoms with van der Waals surface area (Å²) in [4.78, 5) is 16.4. The predicted octanol–water partition coefficient (Wildman–Crippen LogP) is 1.17. The number of rotatable bonds is 5. The van der Waals surface area contributed by atoms with Crippen LogP contribution in [-0.4, -0.2) is 61.7 Å². The van der Waals surface area contributed by atoms with E-state index < -0.39 is 11.7 Å². The van der Waals surface area contributed by atoms with Crippen LogP contribution in [0.15, 0.2) is 29.6 Å². The van der Waals surface area contributed by atoms with Crippen molar-refractivity contribution in [3.05, 3.63) is 46.0 Å². The fourth-order valence-electron chi connectivity index (χ4n) is 4.14. The summed E-state index contributed by atoms with van der Waals surface area (Å²) in [5, 5.41) is 14.8. The molecule has 4 N–H and O–H groups in total. The van der Waals surface area contributed by atoms with Crippen LogP contribution in [0.5, 0.6) is 0 Å². The van der Waals surface area contributed by atoms with E-state index in [0.717, 1.165) is 30.8 Å². The van der Waals surface area contributed by atoms with Crippen LogP contribution in [0.2, 0.25) is 0 Å². The van der Waals surface area contributed by atoms with Gasteiger partial charge < -0.3 is 26.7 Å². The molecule has 1 aromatic carbocycles. The summed E-state index contributed by atoms with van der Waals surface area (Å²) in [5.74, 6) is 0.776. The summed E-state index contributed by atoms with van der Waals surface area (Å²) in [6, 6.07) is 3.60. The van der Waals surface area contributed by atoms with Gasteiger partial charge in [0.25, 0.3) is 0 Å². The number of halogens is 3. The number of nitrogens with two attached hydrogens (primary N) is 1. The number of nitrogens with zero attached hydrogens (tertiary/aromatic N) is 3. The van der Waals surface area contributed by atoms with Crippen LogP contribution < -0.4 is 62.4 Å². The van der Waals surface area contributed by atoms with Crippen LogP contribution in [0.1, 0.15) is 43.7 Å². The first kappa shape index (κ1) is 31.1. The second kappa shape index (κ2) is 14.0. The maximum absolute atomic E-state index is 12.5. The normalized spacial score (nSPS) is 19.1. The number of likely N-dealkylation sites (N-methyl/N-ethyl adjacent to an activating group) is 1. The number of hydrogen-bond acceptors (Lipinski definition) is 5. The minimum absolute atomic E-state index is 0. The molecule has 0 aliphatic carbocycles. The first-order valence-electron chi connectivity index (χ1n) is 11.0. The van der Waals surface area contributed by atoms with Gasteiger partial charge in [-0.15, -0.1) is 0 Å². The Hall–Kier alpha value is -0.954. The molecule has 2 aliphatic rings. The Morgan fingerprint density at radius 2 is 1.85 bits per heavy atom. The topological polar surface area (TPSA) is 99.5 Å². The zero-order valence-corrected chi connectivity index (χ0v) is 23.8. The molecule has 1 saturated heterocycles. The van der Waals surface area contributed by atoms with Gasteiger partial charge in [-0.3, -0.25) is 9.69 Å². The molecule has 11 heteroatoms. The molecule has 0 saturated carbocycles. The van der Waals surface area contributed by atoms with Crippen molar-refractivity contribution in [2.24, 2.45) is 5.73 Å². The first-order valence-corrected chi connectivity index (χ1v) is 11.0. The molecule has 0 aromatic heterocycles. The molecule has 2 heterocycles. The molecule has 1 amide bonds. The van der Waals surface area contributed by atoms with Gasteiger partial charge in [-0.2, -0.15) is 13.2 Å². The van der Waals surface area contributed by atoms with Gasteiger partial charge in [0.15, 0.2) is 5.91 Å². The second-order valence-corrected chi connectivity index (χ2v) is 8.24. The number of piperidine rings is 1. The van der Waals surface area contributed by atoms with Crippen molar-refractivity contribution < 1.29 is 69.4 Å². The molecular weight excluding hydrogens is 472 g/mol. The monoisotopic (exact) mass is 506 g/mol. The zero-order valence-electron chi connectivity index (χ0n) is 20.7. The summed E-state index contributed by atoms with van der Waals surface area (Å²) in [6.45, 7) is 3.86. The third kappa shape index (κ3) is 8.04. The summed E-state index contributed by atoms with van der Waals surface area (Å²) < 4.78 is 37.1. The van der Waals surface area contributed by atoms with E-state index in [9.17, 15) is 18.0 Å². The summed E-state index contributed by atoms with van der Waals surface area (Å²) in [5.41, 5.74) is 6.91. The Kier molecular flexibility index (Phi) is 12.8. The number of anilines is 1. The van der Waals surface area contributed by atoms with Gasteiger partial charge in [0.1, 0.15) is 0 Å². The van der Waals surface area contributed by atoms with E-state index in [-0.39, 0.29) is 69.9 Å². The van der Waals surface area contributed by atoms with Crippen molar-refractivity contribution in [1.29, 1.82) is 5.41 Å². The molecular formula is C23H34F3KN6O. The quantitative estimate of drug-likeness (QED) is 0.412. The molecule has 1 atom stereocenters. The molecule has 3 rings (SSSR count). The summed E-state index contributed by atoms with van der Waals surface area (Å²) >= 11 is 0. The van der Waals surface area contributed by atoms with Crippen LogP contribution in [0.4, 0.5) is 18.9 Å². The van der Waals surface area contributed by atoms with Crippen molar-refractivity contribution >= 4 is 17.3 Å². The van der Waals surface area contributed by atoms with Gasteiger partial charge in [0.05, 0.1) is 11.6 Å². The van der Waals surface area contributed by atoms with Crippen molar-refractivity contribution in [2.45, 2.75) is 51.4 Å². The number of likely N-dealkylation sites (tertiary alicyclic amines) is 1. The van der Waals surface area contributed by atoms with Gasteiger partial charge in [-0.05, 0) is 68.6 Å². The van der Waals surface area contributed by atoms with Gasteiger partial charge in [-0.1, -0.05) is 26.3 Å². The minimum Gasteiger partial charge on any atom is -0.469 e. The number of alkyl halides is 3. The molecule has 1 unspecified atom stereocenters. The fraction of sp³-hybridized carbons (Fsp3) is 0.565. The molecule has 1 fully saturated rings. The SMILES string of the molecule is CNc1cc(CN)cc(C(F)(F)F)c1.C[N-]C1=C(C(C)=N)CC(N2CCCCC2)C(=O)N1C.[K+]. The number of hydrogen-bond donors (Lipinski definition) is 3. The van der Waals surface area contributed by atoms with E-state index in [1.54, 1.807) is 39.0 Å². The van der Waals surface area contributed by atoms with Crippen molar-refractivity contribution in [1.82, 2.24) is 9.80 Å². The Morgan fingerprint density at radius 3 is 2.32 bits per heavy atom. The number of benzene rings is 1. The average Bonchev–Trinajstić information content (AvgIpc) is 2.80. The van der Waals surface area contributed by atoms with Crippen molar-refractivity contribution in [3.8, 4) is 0 Å². The third-order valence-electron chi connectivity index (χ3n) is 5.94. The second-order valence-electron chi connectivity index (χ2n) is 8.24. The Morgan fingerprint density at radius 1 is 1.24 bits per heavy atom. The summed E-state index contributed by atoms with van der Waals surface area (Å²) in [6.07, 6.45) is -0.0979. The fourth-order valence-corrected chi connectivity index (χ4v) is 4.14. The van der Waals surface area contributed by atoms with Crippen molar-refractivity contribution in [3.63, 3.8) is 0 Å². The smallest absolute Gasteiger partial charge is 0.469 e. The first-order chi connectivity index (χ1) is 15.5. The Bertz CT molecular complexity index is 862. The van der Waals surface area contributed by atoms with E-state index in [4.69, 9.17) is 11.1 Å². The largest absolute Gasteiger partial charge is 1.00 e. The average molecular weight is 507 g/mol. The molecule has 0 bridgehead atoms. The molecule has 1 aromatic rings. The Labute approximate surface area is 242 Å². The van der Waals surface area contributed by atoms with E-state index in [0.29, 0.717) is 29.2 Å². The van der Waals surface area contributed by atoms with Gasteiger partial charge in [-0.25, -0.2) is 0 Å². The number of nitrogens with one attached hydrogen (secondary N) is 2. The van der Waals surface area contributed by atoms with Gasteiger partial charge in [0.2, 0.25) is 0 Å². The standard InChI is InChI=1S/C14H23N4O.C9H11F3N2.K/c1-10(15)11-9-12(18-7-5-4-6-8-18)14(19)17(3)13(11)16-2;1-14-8-3-6(5-13)2-7(4-8)9(10,11)12;/h12H,4-9H2,1-3H3,(H-,15,16);2-4,14H,5,13H2,1H3;/q-1;;+1. The van der Waals surface area contributed by atoms with Gasteiger partial charge in [0, 0.05) is 25.0 Å². The maximum Gasteiger partial charge on any atom is 1.00 e. The van der Waals surface area contributed by atoms with E-state index >= 15 is 0 Å². The van der Waals surface area contributed by atoms with E-state index in [1.165, 1.54) is 19.3 Å². The van der Waals surface area contributed by atoms with Gasteiger partial charge >= 0.3 is 57.6 Å². The minimum atomic E-state index is -4.32. The van der Waals surface area contributed by atoms with Crippen LogP contribution in [0, 0.1) is 5.41 Å². The third-order valence-corrected chi connectivity index (χ3v) is 5.94. The van der Waals surface area contributed by atoms with E-state index in [2.05, 4.69) is 15.5 Å². The van der Waals surface area contributed by atoms with Crippen molar-refractivity contribution in [2.75, 3.05) is 39.5 Å². The molecule has 34 heavy (non-hydrogen) atoms. The number of carbonyl (C=O) groups is 1. The molecule has 0 radical (unpaired) electrons. The molecule has 7 nitrogen and oxygen atoms in total. The predicted molar refractivity (Wildman–Crippen MR) is 125 cm³/mol. The van der Waals surface area contributed by atoms with Crippen LogP contribution in [0.3, 0.4) is 0 Å². The number of carbonyl (C=O) groups excluding carboxylic acids is 1. The number of amides is 1. The summed E-state index contributed by atoms with van der Waals surface area (Å²) in [7, 11) is 5.02. The maximum atomic E-state index is 12.5. The van der Waals surface area contributed by atoms with Crippen LogP contribution >= 0.6 is 0 Å².